The predicted molar refractivity (Wildman–Crippen MR) is 110 cm³/mol. The number of aromatic nitrogens is 1. The lowest BCUT2D eigenvalue weighted by Gasteiger charge is -2.42. The Labute approximate surface area is 167 Å². The van der Waals surface area contributed by atoms with Crippen LogP contribution in [-0.4, -0.2) is 37.7 Å². The molecule has 0 bridgehead atoms. The van der Waals surface area contributed by atoms with Gasteiger partial charge in [0.1, 0.15) is 5.15 Å². The Bertz CT molecular complexity index is 506. The van der Waals surface area contributed by atoms with Gasteiger partial charge in [-0.05, 0) is 43.2 Å². The zero-order valence-electron chi connectivity index (χ0n) is 14.5. The van der Waals surface area contributed by atoms with Gasteiger partial charge in [0.25, 0.3) is 0 Å². The van der Waals surface area contributed by atoms with Gasteiger partial charge in [0.2, 0.25) is 0 Å². The molecular formula is C17H28ClIN4O. The van der Waals surface area contributed by atoms with E-state index in [4.69, 9.17) is 16.3 Å². The molecule has 0 radical (unpaired) electrons. The number of nitrogens with zero attached hydrogens (tertiary/aromatic N) is 2. The molecule has 1 aromatic rings. The van der Waals surface area contributed by atoms with Crippen LogP contribution >= 0.6 is 35.6 Å². The first-order valence-corrected chi connectivity index (χ1v) is 8.67. The Morgan fingerprint density at radius 3 is 2.71 bits per heavy atom. The molecule has 2 N–H and O–H groups in total. The molecule has 0 atom stereocenters. The van der Waals surface area contributed by atoms with Crippen LogP contribution in [0.3, 0.4) is 0 Å². The van der Waals surface area contributed by atoms with Crippen molar-refractivity contribution in [3.8, 4) is 0 Å². The number of halogens is 2. The van der Waals surface area contributed by atoms with Gasteiger partial charge in [0, 0.05) is 33.0 Å². The summed E-state index contributed by atoms with van der Waals surface area (Å²) in [5.41, 5.74) is 1.41. The van der Waals surface area contributed by atoms with Gasteiger partial charge in [-0.3, -0.25) is 0 Å². The summed E-state index contributed by atoms with van der Waals surface area (Å²) < 4.78 is 5.25. The Balaban J connectivity index is 0.00000288. The molecular weight excluding hydrogens is 439 g/mol. The SMILES string of the molecule is CCNC(=NCc1ccc(Cl)nc1)NCC1(CCOC)CCC1.I. The second kappa shape index (κ2) is 11.1. The minimum absolute atomic E-state index is 0. The van der Waals surface area contributed by atoms with Gasteiger partial charge < -0.3 is 15.4 Å². The van der Waals surface area contributed by atoms with Crippen LogP contribution in [0.15, 0.2) is 23.3 Å². The molecule has 24 heavy (non-hydrogen) atoms. The summed E-state index contributed by atoms with van der Waals surface area (Å²) in [6.07, 6.45) is 6.72. The fourth-order valence-electron chi connectivity index (χ4n) is 2.79. The Hall–Kier alpha value is -0.600. The maximum atomic E-state index is 5.81. The van der Waals surface area contributed by atoms with Gasteiger partial charge in [-0.15, -0.1) is 24.0 Å². The lowest BCUT2D eigenvalue weighted by Crippen LogP contribution is -2.46. The molecule has 1 aliphatic carbocycles. The van der Waals surface area contributed by atoms with E-state index < -0.39 is 0 Å². The Morgan fingerprint density at radius 2 is 2.17 bits per heavy atom. The number of ether oxygens (including phenoxy) is 1. The molecule has 0 aliphatic heterocycles. The number of hydrogen-bond donors (Lipinski definition) is 2. The topological polar surface area (TPSA) is 58.5 Å². The number of pyridine rings is 1. The van der Waals surface area contributed by atoms with Crippen molar-refractivity contribution in [3.63, 3.8) is 0 Å². The molecule has 1 aliphatic rings. The van der Waals surface area contributed by atoms with Crippen molar-refractivity contribution >= 4 is 41.5 Å². The van der Waals surface area contributed by atoms with Crippen LogP contribution in [0.5, 0.6) is 0 Å². The summed E-state index contributed by atoms with van der Waals surface area (Å²) in [6, 6.07) is 3.75. The smallest absolute Gasteiger partial charge is 0.191 e. The average molecular weight is 467 g/mol. The van der Waals surface area contributed by atoms with Gasteiger partial charge in [0.05, 0.1) is 6.54 Å². The van der Waals surface area contributed by atoms with Crippen LogP contribution in [0.1, 0.15) is 38.2 Å². The quantitative estimate of drug-likeness (QED) is 0.266. The van der Waals surface area contributed by atoms with Crippen molar-refractivity contribution in [2.75, 3.05) is 26.8 Å². The van der Waals surface area contributed by atoms with E-state index >= 15 is 0 Å². The second-order valence-corrected chi connectivity index (χ2v) is 6.52. The van der Waals surface area contributed by atoms with Gasteiger partial charge in [-0.25, -0.2) is 9.98 Å². The zero-order chi connectivity index (χ0) is 16.5. The molecule has 5 nitrogen and oxygen atoms in total. The summed E-state index contributed by atoms with van der Waals surface area (Å²) in [5.74, 6) is 0.853. The highest BCUT2D eigenvalue weighted by molar-refractivity contribution is 14.0. The number of nitrogens with one attached hydrogen (secondary N) is 2. The second-order valence-electron chi connectivity index (χ2n) is 6.13. The fraction of sp³-hybridized carbons (Fsp3) is 0.647. The molecule has 0 saturated heterocycles. The van der Waals surface area contributed by atoms with Gasteiger partial charge in [-0.1, -0.05) is 24.1 Å². The lowest BCUT2D eigenvalue weighted by molar-refractivity contribution is 0.0732. The number of guanidine groups is 1. The van der Waals surface area contributed by atoms with Gasteiger partial charge in [-0.2, -0.15) is 0 Å². The van der Waals surface area contributed by atoms with E-state index in [2.05, 4.69) is 27.5 Å². The highest BCUT2D eigenvalue weighted by Gasteiger charge is 2.36. The third-order valence-electron chi connectivity index (χ3n) is 4.43. The Morgan fingerprint density at radius 1 is 1.38 bits per heavy atom. The number of aliphatic imine (C=N–C) groups is 1. The maximum Gasteiger partial charge on any atom is 0.191 e. The molecule has 2 rings (SSSR count). The molecule has 136 valence electrons. The molecule has 1 fully saturated rings. The number of hydrogen-bond acceptors (Lipinski definition) is 3. The molecule has 1 heterocycles. The summed E-state index contributed by atoms with van der Waals surface area (Å²) >= 11 is 5.81. The van der Waals surface area contributed by atoms with E-state index in [-0.39, 0.29) is 24.0 Å². The molecule has 0 aromatic carbocycles. The third kappa shape index (κ3) is 6.72. The van der Waals surface area contributed by atoms with E-state index in [1.54, 1.807) is 19.4 Å². The molecule has 1 saturated carbocycles. The molecule has 1 aromatic heterocycles. The van der Waals surface area contributed by atoms with Crippen LogP contribution in [-0.2, 0) is 11.3 Å². The standard InChI is InChI=1S/C17H27ClN4O.HI/c1-3-19-16(21-12-14-5-6-15(18)20-11-14)22-13-17(7-4-8-17)9-10-23-2;/h5-6,11H,3-4,7-10,12-13H2,1-2H3,(H2,19,21,22);1H. The van der Waals surface area contributed by atoms with E-state index in [1.165, 1.54) is 19.3 Å². The number of rotatable bonds is 8. The van der Waals surface area contributed by atoms with Crippen molar-refractivity contribution in [2.45, 2.75) is 39.2 Å². The van der Waals surface area contributed by atoms with Crippen LogP contribution in [0, 0.1) is 5.41 Å². The Kier molecular flexibility index (Phi) is 9.92. The first-order chi connectivity index (χ1) is 11.2. The van der Waals surface area contributed by atoms with Gasteiger partial charge in [0.15, 0.2) is 5.96 Å². The van der Waals surface area contributed by atoms with Crippen molar-refractivity contribution in [2.24, 2.45) is 10.4 Å². The van der Waals surface area contributed by atoms with Crippen LogP contribution < -0.4 is 10.6 Å². The largest absolute Gasteiger partial charge is 0.385 e. The van der Waals surface area contributed by atoms with E-state index in [0.717, 1.165) is 37.6 Å². The van der Waals surface area contributed by atoms with Crippen LogP contribution in [0.4, 0.5) is 0 Å². The van der Waals surface area contributed by atoms with Crippen molar-refractivity contribution in [3.05, 3.63) is 29.0 Å². The van der Waals surface area contributed by atoms with Crippen LogP contribution in [0.25, 0.3) is 0 Å². The van der Waals surface area contributed by atoms with Crippen molar-refractivity contribution < 1.29 is 4.74 Å². The average Bonchev–Trinajstić information content (AvgIpc) is 2.52. The van der Waals surface area contributed by atoms with Crippen LogP contribution in [0.2, 0.25) is 5.15 Å². The summed E-state index contributed by atoms with van der Waals surface area (Å²) in [4.78, 5) is 8.72. The van der Waals surface area contributed by atoms with E-state index in [0.29, 0.717) is 17.1 Å². The molecule has 0 amide bonds. The summed E-state index contributed by atoms with van der Waals surface area (Å²) in [7, 11) is 1.77. The fourth-order valence-corrected chi connectivity index (χ4v) is 2.91. The van der Waals surface area contributed by atoms with E-state index in [9.17, 15) is 0 Å². The minimum Gasteiger partial charge on any atom is -0.385 e. The number of methoxy groups -OCH3 is 1. The predicted octanol–water partition coefficient (Wildman–Crippen LogP) is 3.61. The summed E-state index contributed by atoms with van der Waals surface area (Å²) in [6.45, 7) is 5.28. The highest BCUT2D eigenvalue weighted by Crippen LogP contribution is 2.43. The molecule has 0 spiro atoms. The minimum atomic E-state index is 0. The normalized spacial score (nSPS) is 16.0. The van der Waals surface area contributed by atoms with Crippen molar-refractivity contribution in [1.29, 1.82) is 0 Å². The third-order valence-corrected chi connectivity index (χ3v) is 4.66. The zero-order valence-corrected chi connectivity index (χ0v) is 17.6. The van der Waals surface area contributed by atoms with Crippen molar-refractivity contribution in [1.82, 2.24) is 15.6 Å². The van der Waals surface area contributed by atoms with E-state index in [1.807, 2.05) is 6.07 Å². The monoisotopic (exact) mass is 466 g/mol. The molecule has 0 unspecified atom stereocenters. The first-order valence-electron chi connectivity index (χ1n) is 8.29. The highest BCUT2D eigenvalue weighted by atomic mass is 127. The summed E-state index contributed by atoms with van der Waals surface area (Å²) in [5, 5.41) is 7.30. The first kappa shape index (κ1) is 21.4. The van der Waals surface area contributed by atoms with Gasteiger partial charge >= 0.3 is 0 Å². The lowest BCUT2D eigenvalue weighted by atomic mass is 9.67. The maximum absolute atomic E-state index is 5.81. The molecule has 7 heteroatoms.